The number of aromatic hydroxyl groups is 2. The first-order chi connectivity index (χ1) is 17.6. The van der Waals surface area contributed by atoms with Crippen LogP contribution in [0.25, 0.3) is 21.8 Å². The quantitative estimate of drug-likeness (QED) is 0.185. The summed E-state index contributed by atoms with van der Waals surface area (Å²) in [5.74, 6) is -3.59. The van der Waals surface area contributed by atoms with Crippen LogP contribution in [0.5, 0.6) is 11.8 Å². The molecule has 0 aliphatic carbocycles. The van der Waals surface area contributed by atoms with Gasteiger partial charge in [0, 0.05) is 16.5 Å². The Kier molecular flexibility index (Phi) is 5.59. The van der Waals surface area contributed by atoms with E-state index < -0.39 is 35.2 Å². The van der Waals surface area contributed by atoms with Crippen molar-refractivity contribution >= 4 is 45.0 Å². The molecule has 0 radical (unpaired) electrons. The number of carbonyl (C=O) groups is 2. The third-order valence-electron chi connectivity index (χ3n) is 5.78. The average molecular weight is 505 g/mol. The van der Waals surface area contributed by atoms with Gasteiger partial charge in [0.2, 0.25) is 11.8 Å². The van der Waals surface area contributed by atoms with E-state index in [0.717, 1.165) is 12.1 Å². The van der Waals surface area contributed by atoms with Crippen LogP contribution in [0.3, 0.4) is 0 Å². The minimum absolute atomic E-state index is 0.0461. The van der Waals surface area contributed by atoms with Crippen LogP contribution in [-0.2, 0) is 0 Å². The number of nitrogens with one attached hydrogen (secondary N) is 3. The SMILES string of the molecule is Cc1[nH]c(C(=O)N=Nc2c(O)[nH]c3ccc(F)cc23)c(C)c1C(=O)N=Nc1c(O)[nH]c2ccc(F)cc12. The maximum absolute atomic E-state index is 13.6. The van der Waals surface area contributed by atoms with E-state index in [1.165, 1.54) is 38.1 Å². The Labute approximate surface area is 205 Å². The topological polar surface area (TPSA) is 171 Å². The fourth-order valence-electron chi connectivity index (χ4n) is 4.05. The van der Waals surface area contributed by atoms with Gasteiger partial charge in [0.25, 0.3) is 5.91 Å². The normalized spacial score (nSPS) is 12.0. The van der Waals surface area contributed by atoms with Crippen LogP contribution < -0.4 is 0 Å². The highest BCUT2D eigenvalue weighted by Crippen LogP contribution is 2.37. The van der Waals surface area contributed by atoms with E-state index in [-0.39, 0.29) is 39.0 Å². The van der Waals surface area contributed by atoms with E-state index in [2.05, 4.69) is 35.4 Å². The fraction of sp³-hybridized carbons (Fsp3) is 0.0833. The molecule has 11 nitrogen and oxygen atoms in total. The number of aromatic nitrogens is 3. The average Bonchev–Trinajstić information content (AvgIpc) is 3.44. The molecule has 0 aliphatic heterocycles. The van der Waals surface area contributed by atoms with Crippen LogP contribution in [0.1, 0.15) is 32.1 Å². The van der Waals surface area contributed by atoms with Gasteiger partial charge in [-0.15, -0.1) is 20.5 Å². The number of fused-ring (bicyclic) bond motifs is 2. The lowest BCUT2D eigenvalue weighted by atomic mass is 10.1. The Morgan fingerprint density at radius 1 is 0.757 bits per heavy atom. The highest BCUT2D eigenvalue weighted by Gasteiger charge is 2.23. The molecule has 0 saturated carbocycles. The predicted molar refractivity (Wildman–Crippen MR) is 128 cm³/mol. The van der Waals surface area contributed by atoms with Crippen LogP contribution in [0.15, 0.2) is 56.9 Å². The van der Waals surface area contributed by atoms with Gasteiger partial charge in [0.1, 0.15) is 17.3 Å². The molecular weight excluding hydrogens is 488 g/mol. The van der Waals surface area contributed by atoms with Gasteiger partial charge in [-0.1, -0.05) is 0 Å². The molecule has 0 saturated heterocycles. The summed E-state index contributed by atoms with van der Waals surface area (Å²) in [7, 11) is 0. The van der Waals surface area contributed by atoms with Crippen molar-refractivity contribution < 1.29 is 28.6 Å². The number of rotatable bonds is 4. The number of carbonyl (C=O) groups excluding carboxylic acids is 2. The van der Waals surface area contributed by atoms with Gasteiger partial charge in [-0.05, 0) is 55.8 Å². The molecule has 0 bridgehead atoms. The number of benzene rings is 2. The minimum atomic E-state index is -0.855. The number of H-pyrrole nitrogens is 3. The summed E-state index contributed by atoms with van der Waals surface area (Å²) in [6.45, 7) is 3.03. The number of halogens is 2. The zero-order valence-corrected chi connectivity index (χ0v) is 19.2. The molecule has 13 heteroatoms. The summed E-state index contributed by atoms with van der Waals surface area (Å²) < 4.78 is 27.2. The van der Waals surface area contributed by atoms with Crippen molar-refractivity contribution in [1.29, 1.82) is 0 Å². The summed E-state index contributed by atoms with van der Waals surface area (Å²) in [6.07, 6.45) is 0. The highest BCUT2D eigenvalue weighted by atomic mass is 19.1. The third-order valence-corrected chi connectivity index (χ3v) is 5.78. The Bertz CT molecular complexity index is 1800. The lowest BCUT2D eigenvalue weighted by Gasteiger charge is -1.97. The number of aryl methyl sites for hydroxylation is 1. The van der Waals surface area contributed by atoms with Gasteiger partial charge >= 0.3 is 5.91 Å². The molecule has 0 atom stereocenters. The van der Waals surface area contributed by atoms with E-state index in [4.69, 9.17) is 0 Å². The summed E-state index contributed by atoms with van der Waals surface area (Å²) in [5, 5.41) is 35.4. The predicted octanol–water partition coefficient (Wildman–Crippen LogP) is 6.13. The molecule has 5 rings (SSSR count). The molecule has 186 valence electrons. The standard InChI is InChI=1S/C24H17F2N7O4/c1-9-17(21(34)32-30-19-13-7-11(25)3-5-15(13)28-22(19)35)10(2)27-18(9)24(37)33-31-20-14-8-12(26)4-6-16(14)29-23(20)36/h3-8,27-29,35-36H,1-2H3. The van der Waals surface area contributed by atoms with Crippen molar-refractivity contribution in [2.45, 2.75) is 13.8 Å². The second kappa shape index (κ2) is 8.78. The van der Waals surface area contributed by atoms with Gasteiger partial charge < -0.3 is 25.2 Å². The molecule has 3 aromatic heterocycles. The smallest absolute Gasteiger partial charge is 0.312 e. The van der Waals surface area contributed by atoms with Crippen molar-refractivity contribution in [3.8, 4) is 11.8 Å². The summed E-state index contributed by atoms with van der Waals surface area (Å²) in [6, 6.07) is 7.48. The monoisotopic (exact) mass is 505 g/mol. The number of aromatic amines is 3. The minimum Gasteiger partial charge on any atom is -0.493 e. The number of hydrogen-bond acceptors (Lipinski definition) is 6. The Balaban J connectivity index is 1.43. The maximum atomic E-state index is 13.6. The van der Waals surface area contributed by atoms with Crippen molar-refractivity contribution in [1.82, 2.24) is 15.0 Å². The molecule has 5 aromatic rings. The van der Waals surface area contributed by atoms with Crippen LogP contribution in [-0.4, -0.2) is 37.0 Å². The van der Waals surface area contributed by atoms with E-state index in [1.807, 2.05) is 0 Å². The first-order valence-electron chi connectivity index (χ1n) is 10.8. The summed E-state index contributed by atoms with van der Waals surface area (Å²) >= 11 is 0. The van der Waals surface area contributed by atoms with Crippen molar-refractivity contribution in [2.24, 2.45) is 20.5 Å². The van der Waals surface area contributed by atoms with Gasteiger partial charge in [-0.3, -0.25) is 9.59 Å². The summed E-state index contributed by atoms with van der Waals surface area (Å²) in [4.78, 5) is 33.5. The van der Waals surface area contributed by atoms with Crippen LogP contribution in [0, 0.1) is 25.5 Å². The Hall–Kier alpha value is -5.20. The molecule has 2 aromatic carbocycles. The van der Waals surface area contributed by atoms with Crippen LogP contribution >= 0.6 is 0 Å². The Morgan fingerprint density at radius 2 is 1.24 bits per heavy atom. The van der Waals surface area contributed by atoms with Gasteiger partial charge in [-0.25, -0.2) is 8.78 Å². The van der Waals surface area contributed by atoms with Gasteiger partial charge in [0.15, 0.2) is 11.4 Å². The van der Waals surface area contributed by atoms with Crippen molar-refractivity contribution in [3.63, 3.8) is 0 Å². The van der Waals surface area contributed by atoms with E-state index in [1.54, 1.807) is 0 Å². The number of nitrogens with zero attached hydrogens (tertiary/aromatic N) is 4. The lowest BCUT2D eigenvalue weighted by molar-refractivity contribution is 0.0988. The van der Waals surface area contributed by atoms with Crippen molar-refractivity contribution in [3.05, 3.63) is 70.5 Å². The molecule has 0 unspecified atom stereocenters. The fourth-order valence-corrected chi connectivity index (χ4v) is 4.05. The number of amides is 2. The van der Waals surface area contributed by atoms with E-state index in [9.17, 15) is 28.6 Å². The molecule has 37 heavy (non-hydrogen) atoms. The number of hydrogen-bond donors (Lipinski definition) is 5. The first kappa shape index (κ1) is 23.5. The zero-order valence-electron chi connectivity index (χ0n) is 19.2. The van der Waals surface area contributed by atoms with Crippen LogP contribution in [0.4, 0.5) is 20.2 Å². The van der Waals surface area contributed by atoms with Crippen molar-refractivity contribution in [2.75, 3.05) is 0 Å². The zero-order chi connectivity index (χ0) is 26.4. The molecule has 2 amide bonds. The third kappa shape index (κ3) is 4.11. The first-order valence-corrected chi connectivity index (χ1v) is 10.8. The van der Waals surface area contributed by atoms with E-state index in [0.29, 0.717) is 16.7 Å². The molecule has 0 fully saturated rings. The second-order valence-electron chi connectivity index (χ2n) is 8.16. The van der Waals surface area contributed by atoms with Crippen LogP contribution in [0.2, 0.25) is 0 Å². The highest BCUT2D eigenvalue weighted by molar-refractivity contribution is 6.03. The molecule has 3 heterocycles. The second-order valence-corrected chi connectivity index (χ2v) is 8.16. The molecule has 5 N–H and O–H groups in total. The molecule has 0 aliphatic rings. The molecular formula is C24H17F2N7O4. The van der Waals surface area contributed by atoms with Gasteiger partial charge in [-0.2, -0.15) is 0 Å². The lowest BCUT2D eigenvalue weighted by Crippen LogP contribution is -2.00. The Morgan fingerprint density at radius 3 is 1.76 bits per heavy atom. The summed E-state index contributed by atoms with van der Waals surface area (Å²) in [5.41, 5.74) is 1.07. The van der Waals surface area contributed by atoms with E-state index >= 15 is 0 Å². The maximum Gasteiger partial charge on any atom is 0.312 e. The molecule has 0 spiro atoms. The number of azo groups is 2. The largest absolute Gasteiger partial charge is 0.493 e. The van der Waals surface area contributed by atoms with Gasteiger partial charge in [0.05, 0.1) is 16.6 Å².